The fourth-order valence-electron chi connectivity index (χ4n) is 0.596. The van der Waals surface area contributed by atoms with Crippen molar-refractivity contribution in [3.63, 3.8) is 0 Å². The van der Waals surface area contributed by atoms with Crippen LogP contribution in [-0.2, 0) is 4.74 Å². The molecule has 2 unspecified atom stereocenters. The average molecular weight is 228 g/mol. The summed E-state index contributed by atoms with van der Waals surface area (Å²) in [7, 11) is 0. The minimum Gasteiger partial charge on any atom is -0.394 e. The zero-order valence-electron chi connectivity index (χ0n) is 7.30. The quantitative estimate of drug-likeness (QED) is 0.252. The topological polar surface area (TPSA) is 69.9 Å². The minimum absolute atomic E-state index is 0.0221. The number of rotatable bonds is 8. The standard InChI is InChI=1S/C7H16O4S2/c8-1-2-11-3-4-13-7(12)6(10)5-9/h6-10,12H,1-5H2. The molecule has 0 aliphatic heterocycles. The van der Waals surface area contributed by atoms with E-state index < -0.39 is 6.10 Å². The average Bonchev–Trinajstić information content (AvgIpc) is 2.16. The molecule has 0 amide bonds. The predicted octanol–water partition coefficient (Wildman–Crippen LogP) is -0.662. The first kappa shape index (κ1) is 13.5. The molecule has 0 spiro atoms. The molecule has 0 fully saturated rings. The molecule has 0 aromatic rings. The van der Waals surface area contributed by atoms with E-state index in [9.17, 15) is 0 Å². The van der Waals surface area contributed by atoms with E-state index in [2.05, 4.69) is 12.6 Å². The summed E-state index contributed by atoms with van der Waals surface area (Å²) in [6, 6.07) is 0. The van der Waals surface area contributed by atoms with Crippen molar-refractivity contribution in [3.05, 3.63) is 0 Å². The summed E-state index contributed by atoms with van der Waals surface area (Å²) in [5.74, 6) is 0.686. The second kappa shape index (κ2) is 9.11. The van der Waals surface area contributed by atoms with Gasteiger partial charge in [-0.05, 0) is 0 Å². The number of hydrogen-bond donors (Lipinski definition) is 4. The van der Waals surface area contributed by atoms with Crippen molar-refractivity contribution in [1.29, 1.82) is 0 Å². The molecular weight excluding hydrogens is 212 g/mol. The zero-order chi connectivity index (χ0) is 10.1. The van der Waals surface area contributed by atoms with E-state index in [1.54, 1.807) is 0 Å². The maximum atomic E-state index is 9.10. The Kier molecular flexibility index (Phi) is 9.49. The first-order valence-electron chi connectivity index (χ1n) is 3.99. The Bertz CT molecular complexity index is 115. The van der Waals surface area contributed by atoms with E-state index in [-0.39, 0.29) is 17.8 Å². The van der Waals surface area contributed by atoms with Crippen LogP contribution in [0, 0.1) is 0 Å². The normalized spacial score (nSPS) is 15.7. The van der Waals surface area contributed by atoms with Gasteiger partial charge in [0.15, 0.2) is 0 Å². The van der Waals surface area contributed by atoms with Gasteiger partial charge < -0.3 is 20.1 Å². The van der Waals surface area contributed by atoms with Gasteiger partial charge in [-0.2, -0.15) is 12.6 Å². The fraction of sp³-hybridized carbons (Fsp3) is 1.00. The molecule has 0 aromatic heterocycles. The van der Waals surface area contributed by atoms with Crippen molar-refractivity contribution in [2.75, 3.05) is 32.2 Å². The van der Waals surface area contributed by atoms with Crippen LogP contribution < -0.4 is 0 Å². The molecule has 6 heteroatoms. The van der Waals surface area contributed by atoms with Crippen LogP contribution in [0.4, 0.5) is 0 Å². The van der Waals surface area contributed by atoms with E-state index in [1.807, 2.05) is 0 Å². The molecule has 0 aliphatic rings. The molecule has 0 aliphatic carbocycles. The van der Waals surface area contributed by atoms with Crippen LogP contribution in [0.2, 0.25) is 0 Å². The van der Waals surface area contributed by atoms with Gasteiger partial charge in [0.2, 0.25) is 0 Å². The van der Waals surface area contributed by atoms with E-state index in [0.29, 0.717) is 19.0 Å². The van der Waals surface area contributed by atoms with Gasteiger partial charge in [0.25, 0.3) is 0 Å². The smallest absolute Gasteiger partial charge is 0.0977 e. The number of ether oxygens (including phenoxy) is 1. The monoisotopic (exact) mass is 228 g/mol. The van der Waals surface area contributed by atoms with Gasteiger partial charge in [0.1, 0.15) is 0 Å². The first-order chi connectivity index (χ1) is 6.22. The molecule has 0 saturated heterocycles. The van der Waals surface area contributed by atoms with E-state index in [4.69, 9.17) is 20.1 Å². The summed E-state index contributed by atoms with van der Waals surface area (Å²) in [6.07, 6.45) is -0.800. The van der Waals surface area contributed by atoms with Crippen molar-refractivity contribution in [2.24, 2.45) is 0 Å². The number of aliphatic hydroxyl groups is 3. The Morgan fingerprint density at radius 3 is 2.54 bits per heavy atom. The molecule has 0 radical (unpaired) electrons. The van der Waals surface area contributed by atoms with Crippen LogP contribution in [0.3, 0.4) is 0 Å². The summed E-state index contributed by atoms with van der Waals surface area (Å²) in [5, 5.41) is 26.1. The highest BCUT2D eigenvalue weighted by atomic mass is 32.2. The number of thiol groups is 1. The van der Waals surface area contributed by atoms with Crippen LogP contribution >= 0.6 is 24.4 Å². The Balaban J connectivity index is 3.21. The van der Waals surface area contributed by atoms with Crippen LogP contribution in [-0.4, -0.2) is 58.2 Å². The van der Waals surface area contributed by atoms with E-state index >= 15 is 0 Å². The molecule has 80 valence electrons. The Hall–Kier alpha value is 0.540. The van der Waals surface area contributed by atoms with Gasteiger partial charge in [-0.1, -0.05) is 0 Å². The van der Waals surface area contributed by atoms with Gasteiger partial charge in [0, 0.05) is 5.75 Å². The first-order valence-corrected chi connectivity index (χ1v) is 5.56. The molecule has 13 heavy (non-hydrogen) atoms. The van der Waals surface area contributed by atoms with Gasteiger partial charge in [-0.15, -0.1) is 11.8 Å². The Morgan fingerprint density at radius 1 is 1.31 bits per heavy atom. The Morgan fingerprint density at radius 2 is 2.00 bits per heavy atom. The molecule has 0 rings (SSSR count). The molecule has 2 atom stereocenters. The molecule has 0 bridgehead atoms. The highest BCUT2D eigenvalue weighted by Gasteiger charge is 2.13. The Labute approximate surface area is 87.7 Å². The van der Waals surface area contributed by atoms with Gasteiger partial charge >= 0.3 is 0 Å². The SMILES string of the molecule is OCCOCCSC(S)C(O)CO. The minimum atomic E-state index is -0.800. The largest absolute Gasteiger partial charge is 0.394 e. The van der Waals surface area contributed by atoms with Gasteiger partial charge in [0.05, 0.1) is 37.1 Å². The molecule has 0 saturated carbocycles. The van der Waals surface area contributed by atoms with Crippen molar-refractivity contribution >= 4 is 24.4 Å². The summed E-state index contributed by atoms with van der Waals surface area (Å²) in [6.45, 7) is 0.591. The highest BCUT2D eigenvalue weighted by Crippen LogP contribution is 2.17. The molecule has 4 nitrogen and oxygen atoms in total. The van der Waals surface area contributed by atoms with Crippen molar-refractivity contribution in [3.8, 4) is 0 Å². The van der Waals surface area contributed by atoms with Crippen LogP contribution in [0.25, 0.3) is 0 Å². The third-order valence-corrected chi connectivity index (χ3v) is 3.12. The summed E-state index contributed by atoms with van der Waals surface area (Å²) in [4.78, 5) is 0. The summed E-state index contributed by atoms with van der Waals surface area (Å²) in [5.41, 5.74) is 0. The van der Waals surface area contributed by atoms with Crippen LogP contribution in [0.1, 0.15) is 0 Å². The molecule has 3 N–H and O–H groups in total. The zero-order valence-corrected chi connectivity index (χ0v) is 9.01. The lowest BCUT2D eigenvalue weighted by Crippen LogP contribution is -2.22. The highest BCUT2D eigenvalue weighted by molar-refractivity contribution is 8.10. The van der Waals surface area contributed by atoms with E-state index in [0.717, 1.165) is 0 Å². The summed E-state index contributed by atoms with van der Waals surface area (Å²) >= 11 is 5.49. The fourth-order valence-corrected chi connectivity index (χ4v) is 1.77. The lowest BCUT2D eigenvalue weighted by atomic mass is 10.4. The van der Waals surface area contributed by atoms with Gasteiger partial charge in [-0.3, -0.25) is 0 Å². The van der Waals surface area contributed by atoms with Crippen molar-refractivity contribution in [1.82, 2.24) is 0 Å². The van der Waals surface area contributed by atoms with Crippen LogP contribution in [0.5, 0.6) is 0 Å². The van der Waals surface area contributed by atoms with Crippen LogP contribution in [0.15, 0.2) is 0 Å². The number of thioether (sulfide) groups is 1. The van der Waals surface area contributed by atoms with Crippen molar-refractivity contribution in [2.45, 2.75) is 10.7 Å². The molecule has 0 aromatic carbocycles. The third kappa shape index (κ3) is 7.60. The number of aliphatic hydroxyl groups excluding tert-OH is 3. The maximum Gasteiger partial charge on any atom is 0.0977 e. The number of hydrogen-bond acceptors (Lipinski definition) is 6. The molecular formula is C7H16O4S2. The van der Waals surface area contributed by atoms with E-state index in [1.165, 1.54) is 11.8 Å². The second-order valence-corrected chi connectivity index (χ2v) is 4.50. The summed E-state index contributed by atoms with van der Waals surface area (Å²) < 4.78 is 4.71. The lowest BCUT2D eigenvalue weighted by molar-refractivity contribution is 0.102. The molecule has 0 heterocycles. The third-order valence-electron chi connectivity index (χ3n) is 1.27. The van der Waals surface area contributed by atoms with Gasteiger partial charge in [-0.25, -0.2) is 0 Å². The second-order valence-electron chi connectivity index (χ2n) is 2.35. The predicted molar refractivity (Wildman–Crippen MR) is 56.2 cm³/mol. The maximum absolute atomic E-state index is 9.10. The lowest BCUT2D eigenvalue weighted by Gasteiger charge is -2.14. The van der Waals surface area contributed by atoms with Crippen molar-refractivity contribution < 1.29 is 20.1 Å².